The van der Waals surface area contributed by atoms with Crippen LogP contribution in [0, 0.1) is 0 Å². The zero-order valence-corrected chi connectivity index (χ0v) is 17.5. The van der Waals surface area contributed by atoms with Crippen LogP contribution in [0.1, 0.15) is 34.7 Å². The highest BCUT2D eigenvalue weighted by Gasteiger charge is 2.10. The molecule has 0 spiro atoms. The highest BCUT2D eigenvalue weighted by atomic mass is 32.1. The van der Waals surface area contributed by atoms with Crippen molar-refractivity contribution in [2.45, 2.75) is 32.6 Å². The maximum Gasteiger partial charge on any atom is 0.191 e. The van der Waals surface area contributed by atoms with Crippen LogP contribution < -0.4 is 10.6 Å². The van der Waals surface area contributed by atoms with Gasteiger partial charge in [0.2, 0.25) is 0 Å². The first-order valence-electron chi connectivity index (χ1n) is 9.44. The third-order valence-corrected chi connectivity index (χ3v) is 5.61. The number of thiophene rings is 1. The average Bonchev–Trinajstić information content (AvgIpc) is 3.40. The Labute approximate surface area is 171 Å². The summed E-state index contributed by atoms with van der Waals surface area (Å²) in [4.78, 5) is 7.92. The second kappa shape index (κ2) is 10.1. The largest absolute Gasteiger partial charge is 0.468 e. The van der Waals surface area contributed by atoms with Crippen molar-refractivity contribution >= 4 is 17.3 Å². The smallest absolute Gasteiger partial charge is 0.191 e. The predicted octanol–water partition coefficient (Wildman–Crippen LogP) is 4.40. The first kappa shape index (κ1) is 20.2. The number of hydrogen-bond donors (Lipinski definition) is 2. The quantitative estimate of drug-likeness (QED) is 0.438. The van der Waals surface area contributed by atoms with E-state index >= 15 is 0 Å². The van der Waals surface area contributed by atoms with Crippen molar-refractivity contribution in [1.82, 2.24) is 15.5 Å². The van der Waals surface area contributed by atoms with E-state index in [4.69, 9.17) is 4.42 Å². The molecule has 0 bridgehead atoms. The van der Waals surface area contributed by atoms with Gasteiger partial charge in [-0.1, -0.05) is 30.3 Å². The van der Waals surface area contributed by atoms with Gasteiger partial charge in [0, 0.05) is 25.0 Å². The molecule has 0 aliphatic heterocycles. The van der Waals surface area contributed by atoms with Crippen LogP contribution in [0.25, 0.3) is 0 Å². The number of hydrogen-bond acceptors (Lipinski definition) is 4. The Balaban J connectivity index is 1.57. The molecule has 0 saturated carbocycles. The summed E-state index contributed by atoms with van der Waals surface area (Å²) < 4.78 is 5.46. The molecule has 5 nitrogen and oxygen atoms in total. The van der Waals surface area contributed by atoms with Gasteiger partial charge in [-0.25, -0.2) is 0 Å². The highest BCUT2D eigenvalue weighted by Crippen LogP contribution is 2.18. The molecule has 0 fully saturated rings. The van der Waals surface area contributed by atoms with Crippen LogP contribution in [0.4, 0.5) is 0 Å². The lowest BCUT2D eigenvalue weighted by Crippen LogP contribution is -2.38. The molecule has 1 aromatic carbocycles. The van der Waals surface area contributed by atoms with Gasteiger partial charge >= 0.3 is 0 Å². The van der Waals surface area contributed by atoms with E-state index < -0.39 is 0 Å². The molecule has 3 rings (SSSR count). The Hall–Kier alpha value is -2.57. The molecule has 1 atom stereocenters. The van der Waals surface area contributed by atoms with Crippen molar-refractivity contribution in [2.24, 2.45) is 4.99 Å². The van der Waals surface area contributed by atoms with Crippen LogP contribution in [-0.2, 0) is 19.6 Å². The molecule has 3 aromatic rings. The van der Waals surface area contributed by atoms with Crippen LogP contribution >= 0.6 is 11.3 Å². The molecular weight excluding hydrogens is 368 g/mol. The topological polar surface area (TPSA) is 52.8 Å². The normalized spacial score (nSPS) is 12.9. The van der Waals surface area contributed by atoms with Crippen LogP contribution in [0.5, 0.6) is 0 Å². The van der Waals surface area contributed by atoms with E-state index in [-0.39, 0.29) is 6.04 Å². The summed E-state index contributed by atoms with van der Waals surface area (Å²) in [7, 11) is 3.91. The molecule has 1 unspecified atom stereocenters. The van der Waals surface area contributed by atoms with Gasteiger partial charge in [-0.05, 0) is 48.7 Å². The third kappa shape index (κ3) is 5.71. The number of nitrogens with one attached hydrogen (secondary N) is 2. The Kier molecular flexibility index (Phi) is 7.28. The predicted molar refractivity (Wildman–Crippen MR) is 116 cm³/mol. The number of aliphatic imine (C=N–C) groups is 1. The SMILES string of the molecule is CN=C(NCc1ccccc1CN(C)Cc1ccco1)NC(C)c1cccs1. The van der Waals surface area contributed by atoms with Crippen LogP contribution in [-0.4, -0.2) is 25.0 Å². The Morgan fingerprint density at radius 2 is 1.93 bits per heavy atom. The number of guanidine groups is 1. The number of rotatable bonds is 8. The van der Waals surface area contributed by atoms with Crippen molar-refractivity contribution < 1.29 is 4.42 Å². The van der Waals surface area contributed by atoms with Crippen molar-refractivity contribution in [3.63, 3.8) is 0 Å². The Morgan fingerprint density at radius 1 is 1.11 bits per heavy atom. The van der Waals surface area contributed by atoms with E-state index in [0.29, 0.717) is 0 Å². The lowest BCUT2D eigenvalue weighted by molar-refractivity contribution is 0.287. The van der Waals surface area contributed by atoms with E-state index in [9.17, 15) is 0 Å². The summed E-state index contributed by atoms with van der Waals surface area (Å²) in [5.41, 5.74) is 2.56. The molecule has 2 heterocycles. The Morgan fingerprint density at radius 3 is 2.61 bits per heavy atom. The summed E-state index contributed by atoms with van der Waals surface area (Å²) in [6.45, 7) is 4.52. The molecule has 6 heteroatoms. The molecule has 0 amide bonds. The lowest BCUT2D eigenvalue weighted by atomic mass is 10.1. The van der Waals surface area contributed by atoms with E-state index in [1.165, 1.54) is 16.0 Å². The standard InChI is InChI=1S/C22H28N4OS/c1-17(21-11-7-13-28-21)25-22(23-2)24-14-18-8-4-5-9-19(18)15-26(3)16-20-10-6-12-27-20/h4-13,17H,14-16H2,1-3H3,(H2,23,24,25). The summed E-state index contributed by atoms with van der Waals surface area (Å²) in [6, 6.07) is 16.9. The highest BCUT2D eigenvalue weighted by molar-refractivity contribution is 7.10. The average molecular weight is 397 g/mol. The molecule has 0 aliphatic rings. The van der Waals surface area contributed by atoms with Crippen molar-refractivity contribution in [1.29, 1.82) is 0 Å². The summed E-state index contributed by atoms with van der Waals surface area (Å²) in [5, 5.41) is 9.00. The first-order valence-corrected chi connectivity index (χ1v) is 10.3. The molecule has 0 radical (unpaired) electrons. The molecule has 2 N–H and O–H groups in total. The molecule has 148 valence electrons. The third-order valence-electron chi connectivity index (χ3n) is 4.56. The minimum absolute atomic E-state index is 0.223. The van der Waals surface area contributed by atoms with Gasteiger partial charge in [0.1, 0.15) is 5.76 Å². The van der Waals surface area contributed by atoms with Gasteiger partial charge < -0.3 is 15.1 Å². The van der Waals surface area contributed by atoms with Gasteiger partial charge in [0.15, 0.2) is 5.96 Å². The van der Waals surface area contributed by atoms with Gasteiger partial charge in [-0.15, -0.1) is 11.3 Å². The second-order valence-electron chi connectivity index (χ2n) is 6.83. The molecule has 28 heavy (non-hydrogen) atoms. The van der Waals surface area contributed by atoms with Crippen LogP contribution in [0.2, 0.25) is 0 Å². The van der Waals surface area contributed by atoms with Gasteiger partial charge in [-0.2, -0.15) is 0 Å². The van der Waals surface area contributed by atoms with E-state index in [1.54, 1.807) is 24.6 Å². The lowest BCUT2D eigenvalue weighted by Gasteiger charge is -2.20. The molecule has 2 aromatic heterocycles. The number of furan rings is 1. The maximum atomic E-state index is 5.46. The Bertz CT molecular complexity index is 859. The van der Waals surface area contributed by atoms with E-state index in [0.717, 1.165) is 31.4 Å². The number of nitrogens with zero attached hydrogens (tertiary/aromatic N) is 2. The summed E-state index contributed by atoms with van der Waals surface area (Å²) in [6.07, 6.45) is 1.72. The van der Waals surface area contributed by atoms with Crippen LogP contribution in [0.15, 0.2) is 69.6 Å². The minimum Gasteiger partial charge on any atom is -0.468 e. The minimum atomic E-state index is 0.223. The second-order valence-corrected chi connectivity index (χ2v) is 7.81. The van der Waals surface area contributed by atoms with Gasteiger partial charge in [0.05, 0.1) is 18.8 Å². The maximum absolute atomic E-state index is 5.46. The van der Waals surface area contributed by atoms with Gasteiger partial charge in [0.25, 0.3) is 0 Å². The summed E-state index contributed by atoms with van der Waals surface area (Å²) in [5.74, 6) is 1.78. The molecule has 0 saturated heterocycles. The monoisotopic (exact) mass is 396 g/mol. The fraction of sp³-hybridized carbons (Fsp3) is 0.318. The zero-order valence-electron chi connectivity index (χ0n) is 16.7. The zero-order chi connectivity index (χ0) is 19.8. The van der Waals surface area contributed by atoms with E-state index in [1.807, 2.05) is 12.1 Å². The molecule has 0 aliphatic carbocycles. The van der Waals surface area contributed by atoms with Crippen molar-refractivity contribution in [3.8, 4) is 0 Å². The fourth-order valence-corrected chi connectivity index (χ4v) is 3.82. The first-order chi connectivity index (χ1) is 13.7. The van der Waals surface area contributed by atoms with Crippen molar-refractivity contribution in [2.75, 3.05) is 14.1 Å². The number of benzene rings is 1. The summed E-state index contributed by atoms with van der Waals surface area (Å²) >= 11 is 1.75. The van der Waals surface area contributed by atoms with Crippen molar-refractivity contribution in [3.05, 3.63) is 81.9 Å². The molecular formula is C22H28N4OS. The fourth-order valence-electron chi connectivity index (χ4n) is 3.09. The van der Waals surface area contributed by atoms with Gasteiger partial charge in [-0.3, -0.25) is 9.89 Å². The van der Waals surface area contributed by atoms with E-state index in [2.05, 4.69) is 76.3 Å². The van der Waals surface area contributed by atoms with Crippen LogP contribution in [0.3, 0.4) is 0 Å².